The van der Waals surface area contributed by atoms with Gasteiger partial charge in [0.1, 0.15) is 0 Å². The minimum Gasteiger partial charge on any atom is -0.316 e. The van der Waals surface area contributed by atoms with Crippen LogP contribution < -0.4 is 4.90 Å². The molecule has 0 aromatic heterocycles. The SMILES string of the molecule is O=C(N=C1S[C@H]2CS(=O)(=O)C[C@@H]2N1c1ccc(Cl)cc1)c1ccccc1. The van der Waals surface area contributed by atoms with Gasteiger partial charge in [-0.25, -0.2) is 8.42 Å². The first-order chi connectivity index (χ1) is 12.4. The summed E-state index contributed by atoms with van der Waals surface area (Å²) in [5.41, 5.74) is 1.28. The lowest BCUT2D eigenvalue weighted by atomic mass is 10.2. The number of nitrogens with zero attached hydrogens (tertiary/aromatic N) is 2. The van der Waals surface area contributed by atoms with Crippen molar-refractivity contribution in [3.8, 4) is 0 Å². The van der Waals surface area contributed by atoms with E-state index in [1.165, 1.54) is 11.8 Å². The Bertz CT molecular complexity index is 975. The van der Waals surface area contributed by atoms with Crippen LogP contribution in [0.2, 0.25) is 5.02 Å². The van der Waals surface area contributed by atoms with Crippen molar-refractivity contribution in [3.63, 3.8) is 0 Å². The number of carbonyl (C=O) groups excluding carboxylic acids is 1. The maximum absolute atomic E-state index is 12.5. The van der Waals surface area contributed by atoms with Crippen LogP contribution in [-0.2, 0) is 9.84 Å². The van der Waals surface area contributed by atoms with Gasteiger partial charge in [0.05, 0.1) is 17.5 Å². The van der Waals surface area contributed by atoms with E-state index in [-0.39, 0.29) is 28.7 Å². The molecule has 0 bridgehead atoms. The Labute approximate surface area is 161 Å². The zero-order chi connectivity index (χ0) is 18.3. The van der Waals surface area contributed by atoms with Gasteiger partial charge in [-0.2, -0.15) is 4.99 Å². The van der Waals surface area contributed by atoms with Gasteiger partial charge in [-0.05, 0) is 36.4 Å². The summed E-state index contributed by atoms with van der Waals surface area (Å²) >= 11 is 7.33. The van der Waals surface area contributed by atoms with Gasteiger partial charge in [-0.3, -0.25) is 4.79 Å². The third kappa shape index (κ3) is 3.39. The van der Waals surface area contributed by atoms with Gasteiger partial charge in [-0.1, -0.05) is 41.6 Å². The van der Waals surface area contributed by atoms with Crippen LogP contribution in [0.3, 0.4) is 0 Å². The van der Waals surface area contributed by atoms with Gasteiger partial charge >= 0.3 is 0 Å². The van der Waals surface area contributed by atoms with Crippen molar-refractivity contribution in [2.75, 3.05) is 16.4 Å². The van der Waals surface area contributed by atoms with E-state index in [2.05, 4.69) is 4.99 Å². The predicted molar refractivity (Wildman–Crippen MR) is 106 cm³/mol. The second kappa shape index (κ2) is 6.72. The smallest absolute Gasteiger partial charge is 0.279 e. The highest BCUT2D eigenvalue weighted by atomic mass is 35.5. The molecule has 8 heteroatoms. The molecule has 0 radical (unpaired) electrons. The summed E-state index contributed by atoms with van der Waals surface area (Å²) in [4.78, 5) is 18.7. The summed E-state index contributed by atoms with van der Waals surface area (Å²) in [6.45, 7) is 0. The third-order valence-corrected chi connectivity index (χ3v) is 7.85. The summed E-state index contributed by atoms with van der Waals surface area (Å²) in [5.74, 6) is -0.175. The number of benzene rings is 2. The van der Waals surface area contributed by atoms with E-state index in [0.717, 1.165) is 5.69 Å². The molecular formula is C18H15ClN2O3S2. The van der Waals surface area contributed by atoms with Crippen LogP contribution in [0.1, 0.15) is 10.4 Å². The quantitative estimate of drug-likeness (QED) is 0.765. The van der Waals surface area contributed by atoms with Crippen molar-refractivity contribution in [2.45, 2.75) is 11.3 Å². The molecule has 0 N–H and O–H groups in total. The van der Waals surface area contributed by atoms with Crippen LogP contribution in [0.4, 0.5) is 5.69 Å². The highest BCUT2D eigenvalue weighted by Gasteiger charge is 2.49. The van der Waals surface area contributed by atoms with Gasteiger partial charge in [0, 0.05) is 21.5 Å². The Morgan fingerprint density at radius 3 is 2.46 bits per heavy atom. The molecule has 2 aromatic carbocycles. The second-order valence-electron chi connectivity index (χ2n) is 6.21. The number of halogens is 1. The predicted octanol–water partition coefficient (Wildman–Crippen LogP) is 3.26. The Morgan fingerprint density at radius 2 is 1.77 bits per heavy atom. The van der Waals surface area contributed by atoms with Gasteiger partial charge in [0.25, 0.3) is 5.91 Å². The Hall–Kier alpha value is -1.83. The van der Waals surface area contributed by atoms with Crippen LogP contribution in [0, 0.1) is 0 Å². The lowest BCUT2D eigenvalue weighted by Crippen LogP contribution is -2.37. The number of amides is 1. The average molecular weight is 407 g/mol. The molecule has 26 heavy (non-hydrogen) atoms. The van der Waals surface area contributed by atoms with Gasteiger partial charge < -0.3 is 4.90 Å². The van der Waals surface area contributed by atoms with Crippen molar-refractivity contribution in [3.05, 3.63) is 65.2 Å². The largest absolute Gasteiger partial charge is 0.316 e. The first-order valence-corrected chi connectivity index (χ1v) is 11.1. The van der Waals surface area contributed by atoms with Crippen molar-refractivity contribution in [1.29, 1.82) is 0 Å². The zero-order valence-electron chi connectivity index (χ0n) is 13.6. The van der Waals surface area contributed by atoms with E-state index in [1.807, 2.05) is 23.1 Å². The molecule has 0 unspecified atom stereocenters. The Morgan fingerprint density at radius 1 is 1.08 bits per heavy atom. The maximum atomic E-state index is 12.5. The fraction of sp³-hybridized carbons (Fsp3) is 0.222. The summed E-state index contributed by atoms with van der Waals surface area (Å²) in [6.07, 6.45) is 0. The van der Waals surface area contributed by atoms with Gasteiger partial charge in [-0.15, -0.1) is 0 Å². The van der Waals surface area contributed by atoms with E-state index in [9.17, 15) is 13.2 Å². The van der Waals surface area contributed by atoms with Gasteiger partial charge in [0.2, 0.25) is 0 Å². The number of aliphatic imine (C=N–C) groups is 1. The number of carbonyl (C=O) groups is 1. The lowest BCUT2D eigenvalue weighted by molar-refractivity contribution is 0.100. The highest BCUT2D eigenvalue weighted by molar-refractivity contribution is 8.16. The van der Waals surface area contributed by atoms with Crippen LogP contribution in [0.5, 0.6) is 0 Å². The van der Waals surface area contributed by atoms with Crippen molar-refractivity contribution in [1.82, 2.24) is 0 Å². The molecular weight excluding hydrogens is 392 g/mol. The summed E-state index contributed by atoms with van der Waals surface area (Å²) in [5, 5.41) is 0.999. The summed E-state index contributed by atoms with van der Waals surface area (Å²) < 4.78 is 24.1. The van der Waals surface area contributed by atoms with E-state index in [0.29, 0.717) is 15.8 Å². The number of anilines is 1. The van der Waals surface area contributed by atoms with E-state index in [4.69, 9.17) is 11.6 Å². The molecule has 0 spiro atoms. The van der Waals surface area contributed by atoms with Gasteiger partial charge in [0.15, 0.2) is 15.0 Å². The fourth-order valence-corrected chi connectivity index (χ4v) is 7.24. The molecule has 1 amide bonds. The summed E-state index contributed by atoms with van der Waals surface area (Å²) in [7, 11) is -3.09. The molecule has 134 valence electrons. The van der Waals surface area contributed by atoms with E-state index in [1.54, 1.807) is 36.4 Å². The standard InChI is InChI=1S/C18H15ClN2O3S2/c19-13-6-8-14(9-7-13)21-15-10-26(23,24)11-16(15)25-18(21)20-17(22)12-4-2-1-3-5-12/h1-9,15-16H,10-11H2/t15-,16-/m0/s1. The van der Waals surface area contributed by atoms with Crippen molar-refractivity contribution in [2.24, 2.45) is 4.99 Å². The molecule has 0 saturated carbocycles. The second-order valence-corrected chi connectivity index (χ2v) is 10.0. The summed E-state index contributed by atoms with van der Waals surface area (Å²) in [6, 6.07) is 15.7. The number of amidine groups is 1. The Kier molecular flexibility index (Phi) is 4.54. The molecule has 5 nitrogen and oxygen atoms in total. The zero-order valence-corrected chi connectivity index (χ0v) is 16.0. The van der Waals surface area contributed by atoms with Crippen molar-refractivity contribution >= 4 is 50.0 Å². The number of sulfone groups is 1. The topological polar surface area (TPSA) is 66.8 Å². The molecule has 2 aromatic rings. The minimum absolute atomic E-state index is 0.0613. The number of rotatable bonds is 2. The molecule has 2 fully saturated rings. The number of thioether (sulfide) groups is 1. The first-order valence-electron chi connectivity index (χ1n) is 8.03. The van der Waals surface area contributed by atoms with E-state index >= 15 is 0 Å². The number of hydrogen-bond donors (Lipinski definition) is 0. The maximum Gasteiger partial charge on any atom is 0.279 e. The fourth-order valence-electron chi connectivity index (χ4n) is 3.20. The molecule has 2 aliphatic rings. The number of fused-ring (bicyclic) bond motifs is 1. The lowest BCUT2D eigenvalue weighted by Gasteiger charge is -2.24. The van der Waals surface area contributed by atoms with E-state index < -0.39 is 9.84 Å². The van der Waals surface area contributed by atoms with Crippen LogP contribution >= 0.6 is 23.4 Å². The highest BCUT2D eigenvalue weighted by Crippen LogP contribution is 2.41. The first kappa shape index (κ1) is 17.6. The van der Waals surface area contributed by atoms with Crippen LogP contribution in [0.15, 0.2) is 59.6 Å². The Balaban J connectivity index is 1.72. The molecule has 2 atom stereocenters. The van der Waals surface area contributed by atoms with Crippen LogP contribution in [-0.4, -0.2) is 42.3 Å². The monoisotopic (exact) mass is 406 g/mol. The molecule has 4 rings (SSSR count). The third-order valence-electron chi connectivity index (χ3n) is 4.39. The minimum atomic E-state index is -3.09. The molecule has 2 saturated heterocycles. The average Bonchev–Trinajstić information content (AvgIpc) is 3.07. The molecule has 0 aliphatic carbocycles. The van der Waals surface area contributed by atoms with Crippen LogP contribution in [0.25, 0.3) is 0 Å². The molecule has 2 aliphatic heterocycles. The molecule has 2 heterocycles. The normalized spacial score (nSPS) is 25.4. The van der Waals surface area contributed by atoms with Crippen molar-refractivity contribution < 1.29 is 13.2 Å². The number of hydrogen-bond acceptors (Lipinski definition) is 4.